The maximum atomic E-state index is 4.26. The quantitative estimate of drug-likeness (QED) is 0.748. The van der Waals surface area contributed by atoms with Gasteiger partial charge in [0.25, 0.3) is 0 Å². The molecular formula is C9H11N3S. The first-order valence-electron chi connectivity index (χ1n) is 4.59. The number of nitrogens with zero attached hydrogens (tertiary/aromatic N) is 2. The van der Waals surface area contributed by atoms with E-state index in [1.807, 2.05) is 12.4 Å². The van der Waals surface area contributed by atoms with E-state index in [1.165, 1.54) is 18.5 Å². The van der Waals surface area contributed by atoms with Crippen LogP contribution in [-0.2, 0) is 0 Å². The van der Waals surface area contributed by atoms with Crippen LogP contribution in [0.1, 0.15) is 24.6 Å². The molecule has 1 unspecified atom stereocenters. The maximum Gasteiger partial charge on any atom is 0.193 e. The molecule has 1 aliphatic heterocycles. The monoisotopic (exact) mass is 193 g/mol. The Kier molecular flexibility index (Phi) is 1.63. The first-order chi connectivity index (χ1) is 6.45. The van der Waals surface area contributed by atoms with E-state index in [0.29, 0.717) is 6.04 Å². The molecule has 68 valence electrons. The smallest absolute Gasteiger partial charge is 0.193 e. The van der Waals surface area contributed by atoms with E-state index in [4.69, 9.17) is 0 Å². The summed E-state index contributed by atoms with van der Waals surface area (Å²) in [6, 6.07) is 0.544. The average Bonchev–Trinajstić information content (AvgIpc) is 2.79. The maximum absolute atomic E-state index is 4.26. The number of thiazole rings is 1. The summed E-state index contributed by atoms with van der Waals surface area (Å²) < 4.78 is 2.19. The number of hydrogen-bond donors (Lipinski definition) is 1. The third-order valence-electron chi connectivity index (χ3n) is 2.59. The van der Waals surface area contributed by atoms with Gasteiger partial charge in [0, 0.05) is 23.8 Å². The largest absolute Gasteiger partial charge is 0.309 e. The zero-order valence-corrected chi connectivity index (χ0v) is 8.05. The number of imidazole rings is 1. The third-order valence-corrected chi connectivity index (χ3v) is 3.46. The Morgan fingerprint density at radius 3 is 3.46 bits per heavy atom. The van der Waals surface area contributed by atoms with E-state index in [0.717, 1.165) is 11.5 Å². The highest BCUT2D eigenvalue weighted by Crippen LogP contribution is 2.26. The molecular weight excluding hydrogens is 182 g/mol. The van der Waals surface area contributed by atoms with Gasteiger partial charge in [0.05, 0.1) is 5.69 Å². The minimum Gasteiger partial charge on any atom is -0.309 e. The molecule has 1 aliphatic rings. The van der Waals surface area contributed by atoms with Gasteiger partial charge in [-0.2, -0.15) is 0 Å². The summed E-state index contributed by atoms with van der Waals surface area (Å²) in [6.07, 6.45) is 6.45. The fourth-order valence-electron chi connectivity index (χ4n) is 1.93. The molecule has 1 fully saturated rings. The van der Waals surface area contributed by atoms with Crippen molar-refractivity contribution < 1.29 is 0 Å². The second-order valence-corrected chi connectivity index (χ2v) is 4.23. The fourth-order valence-corrected chi connectivity index (χ4v) is 2.84. The van der Waals surface area contributed by atoms with Gasteiger partial charge in [-0.1, -0.05) is 0 Å². The molecule has 3 nitrogen and oxygen atoms in total. The van der Waals surface area contributed by atoms with E-state index in [2.05, 4.69) is 20.1 Å². The van der Waals surface area contributed by atoms with Crippen LogP contribution in [0.25, 0.3) is 4.96 Å². The van der Waals surface area contributed by atoms with E-state index < -0.39 is 0 Å². The number of rotatable bonds is 1. The Morgan fingerprint density at radius 2 is 2.62 bits per heavy atom. The second kappa shape index (κ2) is 2.82. The van der Waals surface area contributed by atoms with Crippen molar-refractivity contribution in [1.29, 1.82) is 0 Å². The highest BCUT2D eigenvalue weighted by atomic mass is 32.1. The van der Waals surface area contributed by atoms with Crippen LogP contribution in [0.5, 0.6) is 0 Å². The van der Waals surface area contributed by atoms with Crippen LogP contribution in [0.3, 0.4) is 0 Å². The predicted molar refractivity (Wildman–Crippen MR) is 53.0 cm³/mol. The lowest BCUT2D eigenvalue weighted by Crippen LogP contribution is -2.14. The van der Waals surface area contributed by atoms with Gasteiger partial charge < -0.3 is 5.32 Å². The fraction of sp³-hybridized carbons (Fsp3) is 0.444. The van der Waals surface area contributed by atoms with Gasteiger partial charge in [-0.15, -0.1) is 11.3 Å². The Balaban J connectivity index is 2.09. The molecule has 4 heteroatoms. The van der Waals surface area contributed by atoms with Gasteiger partial charge in [0.1, 0.15) is 0 Å². The Morgan fingerprint density at radius 1 is 1.62 bits per heavy atom. The molecule has 3 heterocycles. The molecule has 2 aromatic heterocycles. The minimum absolute atomic E-state index is 0.544. The molecule has 0 radical (unpaired) electrons. The lowest BCUT2D eigenvalue weighted by Gasteiger charge is -2.07. The number of nitrogens with one attached hydrogen (secondary N) is 1. The highest BCUT2D eigenvalue weighted by Gasteiger charge is 2.19. The number of fused-ring (bicyclic) bond motifs is 1. The van der Waals surface area contributed by atoms with Crippen LogP contribution in [0.15, 0.2) is 17.8 Å². The molecule has 0 amide bonds. The van der Waals surface area contributed by atoms with Crippen LogP contribution in [0.4, 0.5) is 0 Å². The summed E-state index contributed by atoms with van der Waals surface area (Å²) in [7, 11) is 0. The van der Waals surface area contributed by atoms with Crippen molar-refractivity contribution in [3.05, 3.63) is 23.5 Å². The van der Waals surface area contributed by atoms with E-state index in [1.54, 1.807) is 11.3 Å². The molecule has 3 rings (SSSR count). The van der Waals surface area contributed by atoms with Crippen LogP contribution >= 0.6 is 11.3 Å². The molecule has 2 aromatic rings. The van der Waals surface area contributed by atoms with Gasteiger partial charge in [0.15, 0.2) is 4.96 Å². The van der Waals surface area contributed by atoms with Crippen molar-refractivity contribution in [2.24, 2.45) is 0 Å². The summed E-state index contributed by atoms with van der Waals surface area (Å²) in [5, 5.41) is 5.71. The molecule has 1 N–H and O–H groups in total. The van der Waals surface area contributed by atoms with Crippen molar-refractivity contribution in [3.63, 3.8) is 0 Å². The SMILES string of the molecule is c1cn2c(C3CCCN3)csc2n1. The number of hydrogen-bond acceptors (Lipinski definition) is 3. The summed E-state index contributed by atoms with van der Waals surface area (Å²) >= 11 is 1.72. The average molecular weight is 193 g/mol. The molecule has 0 aliphatic carbocycles. The van der Waals surface area contributed by atoms with Gasteiger partial charge in [-0.3, -0.25) is 4.40 Å². The van der Waals surface area contributed by atoms with Crippen molar-refractivity contribution in [2.45, 2.75) is 18.9 Å². The molecule has 13 heavy (non-hydrogen) atoms. The normalized spacial score (nSPS) is 22.9. The molecule has 1 atom stereocenters. The standard InChI is InChI=1S/C9H11N3S/c1-2-7(10-3-1)8-6-13-9-11-4-5-12(8)9/h4-7,10H,1-3H2. The van der Waals surface area contributed by atoms with Crippen molar-refractivity contribution in [2.75, 3.05) is 6.54 Å². The van der Waals surface area contributed by atoms with Crippen molar-refractivity contribution in [3.8, 4) is 0 Å². The van der Waals surface area contributed by atoms with Crippen LogP contribution in [-0.4, -0.2) is 15.9 Å². The first-order valence-corrected chi connectivity index (χ1v) is 5.47. The molecule has 0 aromatic carbocycles. The van der Waals surface area contributed by atoms with Crippen LogP contribution in [0.2, 0.25) is 0 Å². The summed E-state index contributed by atoms with van der Waals surface area (Å²) in [6.45, 7) is 1.15. The Bertz CT molecular complexity index is 411. The highest BCUT2D eigenvalue weighted by molar-refractivity contribution is 7.15. The zero-order chi connectivity index (χ0) is 8.67. The second-order valence-electron chi connectivity index (χ2n) is 3.39. The molecule has 0 spiro atoms. The van der Waals surface area contributed by atoms with Gasteiger partial charge >= 0.3 is 0 Å². The van der Waals surface area contributed by atoms with Crippen LogP contribution in [0, 0.1) is 0 Å². The van der Waals surface area contributed by atoms with Gasteiger partial charge in [-0.05, 0) is 19.4 Å². The summed E-state index contributed by atoms with van der Waals surface area (Å²) in [4.78, 5) is 5.37. The van der Waals surface area contributed by atoms with E-state index in [9.17, 15) is 0 Å². The van der Waals surface area contributed by atoms with Crippen LogP contribution < -0.4 is 5.32 Å². The third kappa shape index (κ3) is 1.09. The summed E-state index contributed by atoms with van der Waals surface area (Å²) in [5.41, 5.74) is 1.37. The van der Waals surface area contributed by atoms with Gasteiger partial charge in [-0.25, -0.2) is 4.98 Å². The van der Waals surface area contributed by atoms with Crippen molar-refractivity contribution in [1.82, 2.24) is 14.7 Å². The lowest BCUT2D eigenvalue weighted by atomic mass is 10.2. The summed E-state index contributed by atoms with van der Waals surface area (Å²) in [5.74, 6) is 0. The van der Waals surface area contributed by atoms with E-state index in [-0.39, 0.29) is 0 Å². The van der Waals surface area contributed by atoms with E-state index >= 15 is 0 Å². The molecule has 1 saturated heterocycles. The zero-order valence-electron chi connectivity index (χ0n) is 7.23. The van der Waals surface area contributed by atoms with Gasteiger partial charge in [0.2, 0.25) is 0 Å². The Hall–Kier alpha value is -0.870. The predicted octanol–water partition coefficient (Wildman–Crippen LogP) is 1.82. The topological polar surface area (TPSA) is 29.3 Å². The Labute approximate surface area is 80.4 Å². The van der Waals surface area contributed by atoms with Crippen molar-refractivity contribution >= 4 is 16.3 Å². The molecule has 0 saturated carbocycles. The lowest BCUT2D eigenvalue weighted by molar-refractivity contribution is 0.623. The molecule has 0 bridgehead atoms. The minimum atomic E-state index is 0.544. The number of aromatic nitrogens is 2. The first kappa shape index (κ1) is 7.53.